The van der Waals surface area contributed by atoms with Crippen LogP contribution in [-0.4, -0.2) is 22.5 Å². The summed E-state index contributed by atoms with van der Waals surface area (Å²) in [4.78, 5) is 3.19. The largest absolute Gasteiger partial charge is 0.433 e. The Balaban J connectivity index is 2.05. The van der Waals surface area contributed by atoms with Crippen LogP contribution in [0.25, 0.3) is 10.9 Å². The van der Waals surface area contributed by atoms with Crippen molar-refractivity contribution < 1.29 is 26.7 Å². The second kappa shape index (κ2) is 8.47. The molecule has 4 aromatic rings. The van der Waals surface area contributed by atoms with Crippen molar-refractivity contribution >= 4 is 32.5 Å². The van der Waals surface area contributed by atoms with Gasteiger partial charge in [-0.1, -0.05) is 29.8 Å². The molecule has 0 spiro atoms. The molecule has 174 valence electrons. The lowest BCUT2D eigenvalue weighted by Gasteiger charge is -2.29. The standard InChI is InChI=1S/C24H16ClF3N2O3S/c1-2-12-23(31,17-11-13-29-21(15-17)24(26,27)28)22-14-16-5-3-4-6-20(16)30(22)34(32,33)19-9-7-18(25)8-10-19/h1,3-11,13-15,31H,12H2. The Bertz CT molecular complexity index is 1520. The highest BCUT2D eigenvalue weighted by Gasteiger charge is 2.40. The van der Waals surface area contributed by atoms with Crippen molar-refractivity contribution in [3.63, 3.8) is 0 Å². The smallest absolute Gasteiger partial charge is 0.378 e. The molecule has 1 unspecified atom stereocenters. The summed E-state index contributed by atoms with van der Waals surface area (Å²) in [7, 11) is -4.33. The van der Waals surface area contributed by atoms with Crippen LogP contribution in [0.3, 0.4) is 0 Å². The van der Waals surface area contributed by atoms with Crippen LogP contribution < -0.4 is 0 Å². The topological polar surface area (TPSA) is 72.2 Å². The maximum Gasteiger partial charge on any atom is 0.433 e. The van der Waals surface area contributed by atoms with Gasteiger partial charge >= 0.3 is 6.18 Å². The van der Waals surface area contributed by atoms with Crippen molar-refractivity contribution in [2.75, 3.05) is 0 Å². The van der Waals surface area contributed by atoms with E-state index >= 15 is 0 Å². The van der Waals surface area contributed by atoms with Gasteiger partial charge in [-0.2, -0.15) is 13.2 Å². The van der Waals surface area contributed by atoms with E-state index in [1.54, 1.807) is 18.2 Å². The summed E-state index contributed by atoms with van der Waals surface area (Å²) >= 11 is 5.90. The van der Waals surface area contributed by atoms with E-state index < -0.39 is 33.9 Å². The second-order valence-electron chi connectivity index (χ2n) is 7.48. The van der Waals surface area contributed by atoms with Crippen molar-refractivity contribution in [3.05, 3.63) is 94.9 Å². The van der Waals surface area contributed by atoms with Gasteiger partial charge in [0.1, 0.15) is 11.3 Å². The molecule has 10 heteroatoms. The highest BCUT2D eigenvalue weighted by atomic mass is 35.5. The van der Waals surface area contributed by atoms with Gasteiger partial charge in [0.15, 0.2) is 0 Å². The fraction of sp³-hybridized carbons (Fsp3) is 0.125. The monoisotopic (exact) mass is 504 g/mol. The van der Waals surface area contributed by atoms with Crippen LogP contribution in [0.15, 0.2) is 77.8 Å². The van der Waals surface area contributed by atoms with Crippen LogP contribution in [0.5, 0.6) is 0 Å². The Morgan fingerprint density at radius 1 is 1.06 bits per heavy atom. The van der Waals surface area contributed by atoms with E-state index in [9.17, 15) is 26.7 Å². The third-order valence-electron chi connectivity index (χ3n) is 5.33. The molecule has 0 aliphatic heterocycles. The Hall–Kier alpha value is -3.32. The highest BCUT2D eigenvalue weighted by Crippen LogP contribution is 2.40. The van der Waals surface area contributed by atoms with Gasteiger partial charge < -0.3 is 5.11 Å². The SMILES string of the molecule is C#CCC(O)(c1ccnc(C(F)(F)F)c1)c1cc2ccccc2n1S(=O)(=O)c1ccc(Cl)cc1. The predicted octanol–water partition coefficient (Wildman–Crippen LogP) is 5.20. The summed E-state index contributed by atoms with van der Waals surface area (Å²) in [6.07, 6.45) is 1.08. The third kappa shape index (κ3) is 4.05. The van der Waals surface area contributed by atoms with Gasteiger partial charge in [0.05, 0.1) is 16.1 Å². The molecule has 0 amide bonds. The summed E-state index contributed by atoms with van der Waals surface area (Å²) < 4.78 is 68.3. The average molecular weight is 505 g/mol. The molecule has 0 saturated heterocycles. The lowest BCUT2D eigenvalue weighted by atomic mass is 9.87. The van der Waals surface area contributed by atoms with Crippen LogP contribution in [0.2, 0.25) is 5.02 Å². The lowest BCUT2D eigenvalue weighted by Crippen LogP contribution is -2.32. The van der Waals surface area contributed by atoms with E-state index in [4.69, 9.17) is 18.0 Å². The minimum Gasteiger partial charge on any atom is -0.378 e. The number of fused-ring (bicyclic) bond motifs is 1. The van der Waals surface area contributed by atoms with E-state index in [1.165, 1.54) is 42.5 Å². The third-order valence-corrected chi connectivity index (χ3v) is 7.32. The second-order valence-corrected chi connectivity index (χ2v) is 9.70. The normalized spacial score (nSPS) is 14.0. The summed E-state index contributed by atoms with van der Waals surface area (Å²) in [5.74, 6) is 2.26. The number of halogens is 4. The molecule has 1 atom stereocenters. The fourth-order valence-corrected chi connectivity index (χ4v) is 5.42. The first-order valence-corrected chi connectivity index (χ1v) is 11.6. The predicted molar refractivity (Wildman–Crippen MR) is 122 cm³/mol. The number of hydrogen-bond donors (Lipinski definition) is 1. The number of terminal acetylenes is 1. The summed E-state index contributed by atoms with van der Waals surface area (Å²) in [6, 6.07) is 15.0. The maximum atomic E-state index is 13.7. The van der Waals surface area contributed by atoms with E-state index in [0.29, 0.717) is 16.5 Å². The van der Waals surface area contributed by atoms with Crippen molar-refractivity contribution in [3.8, 4) is 12.3 Å². The highest BCUT2D eigenvalue weighted by molar-refractivity contribution is 7.90. The molecule has 0 radical (unpaired) electrons. The first kappa shape index (κ1) is 23.8. The van der Waals surface area contributed by atoms with Gasteiger partial charge in [-0.05, 0) is 54.1 Å². The molecule has 1 N–H and O–H groups in total. The van der Waals surface area contributed by atoms with Gasteiger partial charge in [-0.25, -0.2) is 12.4 Å². The first-order valence-electron chi connectivity index (χ1n) is 9.80. The molecule has 0 bridgehead atoms. The molecule has 0 aliphatic rings. The molecule has 0 aliphatic carbocycles. The number of benzene rings is 2. The number of nitrogens with zero attached hydrogens (tertiary/aromatic N) is 2. The van der Waals surface area contributed by atoms with Gasteiger partial charge in [0, 0.05) is 23.0 Å². The van der Waals surface area contributed by atoms with E-state index in [2.05, 4.69) is 10.9 Å². The van der Waals surface area contributed by atoms with Crippen LogP contribution >= 0.6 is 11.6 Å². The molecule has 5 nitrogen and oxygen atoms in total. The van der Waals surface area contributed by atoms with Crippen molar-refractivity contribution in [2.45, 2.75) is 23.1 Å². The molecule has 2 aromatic heterocycles. The minimum absolute atomic E-state index is 0.131. The Morgan fingerprint density at radius 2 is 1.74 bits per heavy atom. The minimum atomic E-state index is -4.78. The summed E-state index contributed by atoms with van der Waals surface area (Å²) in [5.41, 5.74) is -3.77. The zero-order chi connectivity index (χ0) is 24.7. The first-order chi connectivity index (χ1) is 16.0. The molecular formula is C24H16ClF3N2O3S. The average Bonchev–Trinajstić information content (AvgIpc) is 3.20. The number of alkyl halides is 3. The number of para-hydroxylation sites is 1. The molecule has 2 aromatic carbocycles. The Kier molecular flexibility index (Phi) is 5.94. The zero-order valence-corrected chi connectivity index (χ0v) is 18.9. The lowest BCUT2D eigenvalue weighted by molar-refractivity contribution is -0.141. The number of aromatic nitrogens is 2. The van der Waals surface area contributed by atoms with Crippen molar-refractivity contribution in [1.82, 2.24) is 8.96 Å². The fourth-order valence-electron chi connectivity index (χ4n) is 3.72. The number of aliphatic hydroxyl groups is 1. The van der Waals surface area contributed by atoms with E-state index in [1.807, 2.05) is 0 Å². The Morgan fingerprint density at radius 3 is 2.38 bits per heavy atom. The Labute approximate surface area is 198 Å². The van der Waals surface area contributed by atoms with Crippen LogP contribution in [0.1, 0.15) is 23.4 Å². The number of pyridine rings is 1. The molecule has 2 heterocycles. The molecule has 34 heavy (non-hydrogen) atoms. The summed E-state index contributed by atoms with van der Waals surface area (Å²) in [5, 5.41) is 12.5. The molecule has 0 saturated carbocycles. The van der Waals surface area contributed by atoms with Crippen LogP contribution in [0.4, 0.5) is 13.2 Å². The van der Waals surface area contributed by atoms with Crippen LogP contribution in [0, 0.1) is 12.3 Å². The van der Waals surface area contributed by atoms with Crippen molar-refractivity contribution in [1.29, 1.82) is 0 Å². The summed E-state index contributed by atoms with van der Waals surface area (Å²) in [6.45, 7) is 0. The quantitative estimate of drug-likeness (QED) is 0.379. The number of hydrogen-bond acceptors (Lipinski definition) is 4. The van der Waals surface area contributed by atoms with Gasteiger partial charge in [-0.15, -0.1) is 12.3 Å². The molecule has 0 fully saturated rings. The van der Waals surface area contributed by atoms with E-state index in [0.717, 1.165) is 10.2 Å². The molecular weight excluding hydrogens is 489 g/mol. The van der Waals surface area contributed by atoms with Crippen molar-refractivity contribution in [2.24, 2.45) is 0 Å². The number of rotatable bonds is 5. The van der Waals surface area contributed by atoms with Gasteiger partial charge in [-0.3, -0.25) is 4.98 Å². The van der Waals surface area contributed by atoms with Crippen LogP contribution in [-0.2, 0) is 21.8 Å². The molecule has 4 rings (SSSR count). The van der Waals surface area contributed by atoms with E-state index in [-0.39, 0.29) is 21.7 Å². The zero-order valence-electron chi connectivity index (χ0n) is 17.3. The maximum absolute atomic E-state index is 13.7. The van der Waals surface area contributed by atoms with Gasteiger partial charge in [0.2, 0.25) is 0 Å². The van der Waals surface area contributed by atoms with Gasteiger partial charge in [0.25, 0.3) is 10.0 Å².